The number of aryl methyl sites for hydroxylation is 2. The van der Waals surface area contributed by atoms with Crippen LogP contribution in [0.2, 0.25) is 0 Å². The summed E-state index contributed by atoms with van der Waals surface area (Å²) >= 11 is 0. The summed E-state index contributed by atoms with van der Waals surface area (Å²) < 4.78 is 1.67. The highest BCUT2D eigenvalue weighted by Gasteiger charge is 2.35. The molecule has 12 heteroatoms. The number of carbonyl (C=O) groups excluding carboxylic acids is 2. The zero-order chi connectivity index (χ0) is 26.6. The second-order valence-corrected chi connectivity index (χ2v) is 9.67. The maximum atomic E-state index is 13.1. The fourth-order valence-electron chi connectivity index (χ4n) is 4.70. The van der Waals surface area contributed by atoms with Crippen LogP contribution in [0.5, 0.6) is 0 Å². The fraction of sp³-hybridized carbons (Fsp3) is 0.385. The number of nitrogens with zero attached hydrogens (tertiary/aromatic N) is 7. The van der Waals surface area contributed by atoms with Gasteiger partial charge in [-0.05, 0) is 38.9 Å². The van der Waals surface area contributed by atoms with Crippen LogP contribution in [0.4, 0.5) is 16.2 Å². The van der Waals surface area contributed by atoms with E-state index >= 15 is 0 Å². The van der Waals surface area contributed by atoms with E-state index in [1.807, 2.05) is 13.2 Å². The molecular formula is C26H32N10O2. The minimum atomic E-state index is -0.462. The van der Waals surface area contributed by atoms with E-state index in [9.17, 15) is 9.59 Å². The Hall–Kier alpha value is -4.32. The Labute approximate surface area is 221 Å². The number of anilines is 2. The molecule has 0 bridgehead atoms. The molecule has 5 heterocycles. The molecule has 0 spiro atoms. The summed E-state index contributed by atoms with van der Waals surface area (Å²) in [6.07, 6.45) is 13.1. The van der Waals surface area contributed by atoms with Crippen molar-refractivity contribution in [2.75, 3.05) is 36.8 Å². The van der Waals surface area contributed by atoms with Crippen LogP contribution >= 0.6 is 0 Å². The molecule has 3 amide bonds. The third-order valence-electron chi connectivity index (χ3n) is 6.98. The number of pyridine rings is 1. The Kier molecular flexibility index (Phi) is 7.31. The van der Waals surface area contributed by atoms with Crippen molar-refractivity contribution in [2.45, 2.75) is 32.2 Å². The number of nitrogens with two attached hydrogens (primary N) is 1. The molecule has 38 heavy (non-hydrogen) atoms. The zero-order valence-corrected chi connectivity index (χ0v) is 21.6. The fourth-order valence-corrected chi connectivity index (χ4v) is 4.70. The van der Waals surface area contributed by atoms with Gasteiger partial charge in [-0.15, -0.1) is 0 Å². The van der Waals surface area contributed by atoms with Crippen molar-refractivity contribution in [1.82, 2.24) is 34.5 Å². The predicted molar refractivity (Wildman–Crippen MR) is 144 cm³/mol. The third kappa shape index (κ3) is 5.49. The SMILES string of the molecule is Cc1ncc(NC(=O)N2CC(N3CCCCC3)C2)cc1NC(=O)/C(=C/N)c1cnc(-c2cnn(C)c2)cn1. The van der Waals surface area contributed by atoms with Crippen molar-refractivity contribution in [3.8, 4) is 11.3 Å². The van der Waals surface area contributed by atoms with Crippen molar-refractivity contribution >= 4 is 28.9 Å². The Balaban J connectivity index is 1.20. The molecule has 0 aromatic carbocycles. The molecule has 3 aromatic rings. The van der Waals surface area contributed by atoms with Gasteiger partial charge >= 0.3 is 6.03 Å². The van der Waals surface area contributed by atoms with Crippen molar-refractivity contribution in [2.24, 2.45) is 12.8 Å². The molecule has 0 saturated carbocycles. The topological polar surface area (TPSA) is 147 Å². The van der Waals surface area contributed by atoms with Gasteiger partial charge in [0.05, 0.1) is 58.8 Å². The number of likely N-dealkylation sites (tertiary alicyclic amines) is 2. The van der Waals surface area contributed by atoms with Crippen LogP contribution in [0.15, 0.2) is 43.3 Å². The highest BCUT2D eigenvalue weighted by atomic mass is 16.2. The summed E-state index contributed by atoms with van der Waals surface area (Å²) in [7, 11) is 1.82. The van der Waals surface area contributed by atoms with E-state index in [1.165, 1.54) is 31.7 Å². The van der Waals surface area contributed by atoms with E-state index in [2.05, 4.69) is 35.6 Å². The average molecular weight is 517 g/mol. The Morgan fingerprint density at radius 2 is 1.82 bits per heavy atom. The molecule has 2 saturated heterocycles. The second-order valence-electron chi connectivity index (χ2n) is 9.67. The summed E-state index contributed by atoms with van der Waals surface area (Å²) in [5.41, 5.74) is 9.27. The van der Waals surface area contributed by atoms with Crippen molar-refractivity contribution in [3.05, 3.63) is 54.6 Å². The van der Waals surface area contributed by atoms with E-state index in [-0.39, 0.29) is 11.6 Å². The number of nitrogens with one attached hydrogen (secondary N) is 2. The van der Waals surface area contributed by atoms with E-state index < -0.39 is 5.91 Å². The van der Waals surface area contributed by atoms with Crippen molar-refractivity contribution in [1.29, 1.82) is 0 Å². The number of aromatic nitrogens is 5. The van der Waals surface area contributed by atoms with Gasteiger partial charge in [-0.25, -0.2) is 4.79 Å². The predicted octanol–water partition coefficient (Wildman–Crippen LogP) is 2.22. The summed E-state index contributed by atoms with van der Waals surface area (Å²) in [4.78, 5) is 43.2. The first-order chi connectivity index (χ1) is 18.4. The number of piperidine rings is 1. The van der Waals surface area contributed by atoms with Gasteiger partial charge in [-0.3, -0.25) is 29.3 Å². The summed E-state index contributed by atoms with van der Waals surface area (Å²) in [5, 5.41) is 9.85. The lowest BCUT2D eigenvalue weighted by Gasteiger charge is -2.46. The van der Waals surface area contributed by atoms with E-state index in [0.29, 0.717) is 34.5 Å². The molecule has 0 atom stereocenters. The van der Waals surface area contributed by atoms with Gasteiger partial charge in [0.2, 0.25) is 0 Å². The lowest BCUT2D eigenvalue weighted by Crippen LogP contribution is -2.62. The van der Waals surface area contributed by atoms with E-state index in [1.54, 1.807) is 41.2 Å². The molecule has 4 N–H and O–H groups in total. The van der Waals surface area contributed by atoms with Gasteiger partial charge in [0, 0.05) is 44.1 Å². The number of rotatable bonds is 6. The number of carbonyl (C=O) groups is 2. The Morgan fingerprint density at radius 3 is 2.47 bits per heavy atom. The van der Waals surface area contributed by atoms with Crippen LogP contribution in [0.3, 0.4) is 0 Å². The minimum Gasteiger partial charge on any atom is -0.404 e. The summed E-state index contributed by atoms with van der Waals surface area (Å²) in [5.74, 6) is -0.462. The van der Waals surface area contributed by atoms with Gasteiger partial charge in [0.1, 0.15) is 0 Å². The van der Waals surface area contributed by atoms with Crippen LogP contribution in [0.1, 0.15) is 30.7 Å². The van der Waals surface area contributed by atoms with Crippen LogP contribution in [-0.2, 0) is 11.8 Å². The molecule has 12 nitrogen and oxygen atoms in total. The molecule has 2 fully saturated rings. The number of amides is 3. The molecule has 0 radical (unpaired) electrons. The first-order valence-electron chi connectivity index (χ1n) is 12.7. The first kappa shape index (κ1) is 25.3. The largest absolute Gasteiger partial charge is 0.404 e. The maximum absolute atomic E-state index is 13.1. The van der Waals surface area contributed by atoms with Crippen molar-refractivity contribution in [3.63, 3.8) is 0 Å². The molecule has 3 aromatic heterocycles. The molecular weight excluding hydrogens is 484 g/mol. The highest BCUT2D eigenvalue weighted by Crippen LogP contribution is 2.24. The van der Waals surface area contributed by atoms with Gasteiger partial charge in [0.15, 0.2) is 0 Å². The molecule has 0 unspecified atom stereocenters. The molecule has 198 valence electrons. The highest BCUT2D eigenvalue weighted by molar-refractivity contribution is 6.24. The monoisotopic (exact) mass is 516 g/mol. The van der Waals surface area contributed by atoms with Crippen LogP contribution in [-0.4, -0.2) is 78.7 Å². The van der Waals surface area contributed by atoms with Gasteiger partial charge in [-0.2, -0.15) is 5.10 Å². The van der Waals surface area contributed by atoms with E-state index in [4.69, 9.17) is 5.73 Å². The molecule has 5 rings (SSSR count). The first-order valence-corrected chi connectivity index (χ1v) is 12.7. The average Bonchev–Trinajstić information content (AvgIpc) is 3.33. The number of hydrogen-bond acceptors (Lipinski definition) is 8. The van der Waals surface area contributed by atoms with Crippen LogP contribution in [0.25, 0.3) is 16.8 Å². The summed E-state index contributed by atoms with van der Waals surface area (Å²) in [6.45, 7) is 5.45. The zero-order valence-electron chi connectivity index (χ0n) is 21.6. The van der Waals surface area contributed by atoms with Crippen molar-refractivity contribution < 1.29 is 9.59 Å². The van der Waals surface area contributed by atoms with Crippen LogP contribution in [0, 0.1) is 6.92 Å². The van der Waals surface area contributed by atoms with E-state index in [0.717, 1.165) is 31.7 Å². The Morgan fingerprint density at radius 1 is 1.03 bits per heavy atom. The smallest absolute Gasteiger partial charge is 0.321 e. The normalized spacial score (nSPS) is 16.7. The third-order valence-corrected chi connectivity index (χ3v) is 6.98. The quantitative estimate of drug-likeness (QED) is 0.423. The molecule has 2 aliphatic rings. The summed E-state index contributed by atoms with van der Waals surface area (Å²) in [6, 6.07) is 1.95. The number of urea groups is 1. The van der Waals surface area contributed by atoms with Gasteiger partial charge in [0.25, 0.3) is 5.91 Å². The van der Waals surface area contributed by atoms with Gasteiger partial charge in [-0.1, -0.05) is 6.42 Å². The maximum Gasteiger partial charge on any atom is 0.321 e. The Bertz CT molecular complexity index is 1340. The molecule has 2 aliphatic heterocycles. The minimum absolute atomic E-state index is 0.161. The standard InChI is InChI=1S/C26H32N10O2/c1-17-22(8-19(11-28-17)32-26(38)36-15-20(16-36)35-6-4-3-5-7-35)33-25(37)21(9-27)24-13-29-23(12-30-24)18-10-31-34(2)14-18/h8-14,20H,3-7,15-16,27H2,1-2H3,(H,32,38)(H,33,37)/b21-9+. The lowest BCUT2D eigenvalue weighted by molar-refractivity contribution is -0.111. The van der Waals surface area contributed by atoms with Gasteiger partial charge < -0.3 is 21.3 Å². The molecule has 0 aliphatic carbocycles. The lowest BCUT2D eigenvalue weighted by atomic mass is 10.0. The van der Waals surface area contributed by atoms with Crippen LogP contribution < -0.4 is 16.4 Å². The number of hydrogen-bond donors (Lipinski definition) is 3. The second kappa shape index (κ2) is 11.0.